The monoisotopic (exact) mass is 276 g/mol. The van der Waals surface area contributed by atoms with Crippen LogP contribution in [0.3, 0.4) is 0 Å². The molecule has 2 N–H and O–H groups in total. The van der Waals surface area contributed by atoms with Crippen molar-refractivity contribution in [1.29, 1.82) is 0 Å². The second-order valence-corrected chi connectivity index (χ2v) is 5.57. The molecule has 2 heterocycles. The number of benzene rings is 1. The predicted molar refractivity (Wildman–Crippen MR) is 84.1 cm³/mol. The molecule has 0 bridgehead atoms. The number of fused-ring (bicyclic) bond motifs is 2. The summed E-state index contributed by atoms with van der Waals surface area (Å²) in [6.45, 7) is 0.814. The zero-order valence-electron chi connectivity index (χ0n) is 11.9. The van der Waals surface area contributed by atoms with Gasteiger partial charge >= 0.3 is 0 Å². The van der Waals surface area contributed by atoms with Crippen molar-refractivity contribution >= 4 is 16.6 Å². The van der Waals surface area contributed by atoms with E-state index in [0.29, 0.717) is 0 Å². The summed E-state index contributed by atoms with van der Waals surface area (Å²) in [6, 6.07) is 12.6. The van der Waals surface area contributed by atoms with Crippen LogP contribution >= 0.6 is 0 Å². The van der Waals surface area contributed by atoms with Crippen molar-refractivity contribution in [2.75, 3.05) is 5.32 Å². The summed E-state index contributed by atoms with van der Waals surface area (Å²) < 4.78 is 0. The summed E-state index contributed by atoms with van der Waals surface area (Å²) in [5.74, 6) is 0. The van der Waals surface area contributed by atoms with Crippen LogP contribution in [0.15, 0.2) is 48.8 Å². The molecule has 0 unspecified atom stereocenters. The van der Waals surface area contributed by atoms with Gasteiger partial charge in [0.05, 0.1) is 11.1 Å². The van der Waals surface area contributed by atoms with Crippen molar-refractivity contribution in [2.24, 2.45) is 0 Å². The Labute approximate surface area is 124 Å². The molecular formula is C18H18N3+. The predicted octanol–water partition coefficient (Wildman–Crippen LogP) is 3.15. The van der Waals surface area contributed by atoms with E-state index in [2.05, 4.69) is 45.6 Å². The fraction of sp³-hybridized carbons (Fsp3) is 0.222. The molecule has 3 aromatic rings. The smallest absolute Gasteiger partial charge is 0.213 e. The van der Waals surface area contributed by atoms with Gasteiger partial charge in [-0.3, -0.25) is 4.98 Å². The average molecular weight is 276 g/mol. The molecular weight excluding hydrogens is 258 g/mol. The number of hydrogen-bond acceptors (Lipinski definition) is 2. The summed E-state index contributed by atoms with van der Waals surface area (Å²) in [6.07, 6.45) is 7.29. The summed E-state index contributed by atoms with van der Waals surface area (Å²) >= 11 is 0. The van der Waals surface area contributed by atoms with Gasteiger partial charge in [0.2, 0.25) is 5.52 Å². The highest BCUT2D eigenvalue weighted by Gasteiger charge is 2.24. The normalized spacial score (nSPS) is 13.3. The Balaban J connectivity index is 1.76. The quantitative estimate of drug-likeness (QED) is 0.798. The Morgan fingerprint density at radius 3 is 2.95 bits per heavy atom. The topological polar surface area (TPSA) is 39.1 Å². The molecule has 0 radical (unpaired) electrons. The molecule has 2 aromatic heterocycles. The summed E-state index contributed by atoms with van der Waals surface area (Å²) in [4.78, 5) is 7.78. The molecule has 1 aliphatic carbocycles. The number of nitrogens with zero attached hydrogens (tertiary/aromatic N) is 1. The number of H-pyrrole nitrogens is 1. The van der Waals surface area contributed by atoms with Crippen LogP contribution in [-0.4, -0.2) is 4.98 Å². The highest BCUT2D eigenvalue weighted by molar-refractivity contribution is 5.91. The largest absolute Gasteiger partial charge is 0.380 e. The van der Waals surface area contributed by atoms with Crippen LogP contribution in [-0.2, 0) is 19.4 Å². The van der Waals surface area contributed by atoms with Crippen molar-refractivity contribution in [2.45, 2.75) is 25.8 Å². The number of rotatable bonds is 3. The number of para-hydroxylation sites is 1. The van der Waals surface area contributed by atoms with Crippen molar-refractivity contribution in [3.63, 3.8) is 0 Å². The van der Waals surface area contributed by atoms with E-state index in [1.807, 2.05) is 18.5 Å². The Hall–Kier alpha value is -2.42. The standard InChI is InChI=1S/C18H17N3/c1-2-8-16-14(6-1)18(15-7-3-9-17(15)21-16)20-12-13-5-4-10-19-11-13/h1-2,4-6,8,10-11H,3,7,9,12H2,(H,20,21)/p+1. The zero-order valence-corrected chi connectivity index (χ0v) is 11.9. The third kappa shape index (κ3) is 2.25. The van der Waals surface area contributed by atoms with Gasteiger partial charge in [-0.05, 0) is 30.5 Å². The average Bonchev–Trinajstić information content (AvgIpc) is 3.00. The summed E-state index contributed by atoms with van der Waals surface area (Å²) in [7, 11) is 0. The molecule has 3 nitrogen and oxygen atoms in total. The van der Waals surface area contributed by atoms with Crippen LogP contribution < -0.4 is 10.3 Å². The Kier molecular flexibility index (Phi) is 3.03. The number of hydrogen-bond donors (Lipinski definition) is 1. The van der Waals surface area contributed by atoms with Crippen LogP contribution in [0, 0.1) is 0 Å². The third-order valence-electron chi connectivity index (χ3n) is 4.19. The fourth-order valence-corrected chi connectivity index (χ4v) is 3.19. The van der Waals surface area contributed by atoms with E-state index in [9.17, 15) is 0 Å². The molecule has 0 aliphatic heterocycles. The number of aromatic amines is 1. The zero-order chi connectivity index (χ0) is 14.1. The molecule has 3 heteroatoms. The van der Waals surface area contributed by atoms with Crippen molar-refractivity contribution in [1.82, 2.24) is 4.98 Å². The van der Waals surface area contributed by atoms with Gasteiger partial charge in [-0.15, -0.1) is 0 Å². The molecule has 0 fully saturated rings. The molecule has 4 rings (SSSR count). The lowest BCUT2D eigenvalue weighted by molar-refractivity contribution is -0.356. The Bertz CT molecular complexity index is 781. The lowest BCUT2D eigenvalue weighted by Gasteiger charge is -2.11. The maximum absolute atomic E-state index is 4.19. The number of nitrogens with one attached hydrogen (secondary N) is 2. The molecule has 104 valence electrons. The molecule has 1 aromatic carbocycles. The number of aromatic nitrogens is 2. The van der Waals surface area contributed by atoms with Crippen molar-refractivity contribution in [3.05, 3.63) is 65.6 Å². The first-order valence-corrected chi connectivity index (χ1v) is 7.50. The molecule has 1 aliphatic rings. The van der Waals surface area contributed by atoms with Crippen molar-refractivity contribution < 1.29 is 4.98 Å². The number of anilines is 1. The van der Waals surface area contributed by atoms with Gasteiger partial charge in [0, 0.05) is 37.0 Å². The molecule has 0 atom stereocenters. The summed E-state index contributed by atoms with van der Waals surface area (Å²) in [5, 5.41) is 4.92. The van der Waals surface area contributed by atoms with Crippen LogP contribution in [0.5, 0.6) is 0 Å². The lowest BCUT2D eigenvalue weighted by Crippen LogP contribution is -2.15. The molecule has 21 heavy (non-hydrogen) atoms. The van der Waals surface area contributed by atoms with E-state index in [0.717, 1.165) is 19.4 Å². The first-order chi connectivity index (χ1) is 10.4. The van der Waals surface area contributed by atoms with Gasteiger partial charge in [-0.25, -0.2) is 4.98 Å². The van der Waals surface area contributed by atoms with Gasteiger partial charge < -0.3 is 5.32 Å². The third-order valence-corrected chi connectivity index (χ3v) is 4.19. The van der Waals surface area contributed by atoms with E-state index in [4.69, 9.17) is 0 Å². The van der Waals surface area contributed by atoms with Gasteiger partial charge in [0.1, 0.15) is 0 Å². The first kappa shape index (κ1) is 12.3. The van der Waals surface area contributed by atoms with Crippen LogP contribution in [0.25, 0.3) is 10.9 Å². The van der Waals surface area contributed by atoms with Gasteiger partial charge in [-0.2, -0.15) is 0 Å². The number of pyridine rings is 2. The Morgan fingerprint density at radius 1 is 1.10 bits per heavy atom. The van der Waals surface area contributed by atoms with Crippen molar-refractivity contribution in [3.8, 4) is 0 Å². The Morgan fingerprint density at radius 2 is 2.05 bits per heavy atom. The molecule has 0 spiro atoms. The van der Waals surface area contributed by atoms with E-state index in [1.54, 1.807) is 0 Å². The van der Waals surface area contributed by atoms with E-state index in [1.165, 1.54) is 39.8 Å². The minimum atomic E-state index is 0.814. The first-order valence-electron chi connectivity index (χ1n) is 7.50. The minimum Gasteiger partial charge on any atom is -0.380 e. The number of aryl methyl sites for hydroxylation is 1. The molecule has 0 saturated heterocycles. The van der Waals surface area contributed by atoms with E-state index < -0.39 is 0 Å². The summed E-state index contributed by atoms with van der Waals surface area (Å²) in [5.41, 5.74) is 6.56. The fourth-order valence-electron chi connectivity index (χ4n) is 3.19. The van der Waals surface area contributed by atoms with Gasteiger partial charge in [0.15, 0.2) is 5.69 Å². The minimum absolute atomic E-state index is 0.814. The van der Waals surface area contributed by atoms with E-state index in [-0.39, 0.29) is 0 Å². The van der Waals surface area contributed by atoms with Gasteiger partial charge in [-0.1, -0.05) is 18.2 Å². The molecule has 0 amide bonds. The maximum Gasteiger partial charge on any atom is 0.213 e. The van der Waals surface area contributed by atoms with Crippen LogP contribution in [0.1, 0.15) is 23.2 Å². The second-order valence-electron chi connectivity index (χ2n) is 5.57. The highest BCUT2D eigenvalue weighted by atomic mass is 14.9. The SMILES string of the molecule is c1cncc(CNc2c3c([nH+]c4ccccc24)CCC3)c1. The molecule has 0 saturated carbocycles. The maximum atomic E-state index is 4.19. The lowest BCUT2D eigenvalue weighted by atomic mass is 10.1. The van der Waals surface area contributed by atoms with Crippen LogP contribution in [0.4, 0.5) is 5.69 Å². The second kappa shape index (κ2) is 5.17. The highest BCUT2D eigenvalue weighted by Crippen LogP contribution is 2.32. The van der Waals surface area contributed by atoms with Crippen LogP contribution in [0.2, 0.25) is 0 Å². The van der Waals surface area contributed by atoms with Gasteiger partial charge in [0.25, 0.3) is 0 Å². The van der Waals surface area contributed by atoms with E-state index >= 15 is 0 Å².